The molecule has 0 heterocycles. The molecule has 0 bridgehead atoms. The molecule has 0 aromatic carbocycles. The van der Waals surface area contributed by atoms with Gasteiger partial charge in [0.05, 0.1) is 0 Å². The normalized spacial score (nSPS) is 15.3. The first-order valence-electron chi connectivity index (χ1n) is 6.72. The van der Waals surface area contributed by atoms with Crippen LogP contribution in [-0.2, 0) is 42.9 Å². The molecule has 0 fully saturated rings. The van der Waals surface area contributed by atoms with Gasteiger partial charge in [-0.2, -0.15) is 0 Å². The summed E-state index contributed by atoms with van der Waals surface area (Å²) in [6, 6.07) is 0. The van der Waals surface area contributed by atoms with E-state index < -0.39 is 48.3 Å². The smallest absolute Gasteiger partial charge is 0.303 e. The predicted molar refractivity (Wildman–Crippen MR) is 74.0 cm³/mol. The number of carbonyl (C=O) groups excluding carboxylic acids is 5. The van der Waals surface area contributed by atoms with Gasteiger partial charge >= 0.3 is 23.9 Å². The molecule has 0 aromatic rings. The van der Waals surface area contributed by atoms with Crippen LogP contribution in [0.5, 0.6) is 0 Å². The summed E-state index contributed by atoms with van der Waals surface area (Å²) in [7, 11) is 0. The molecule has 0 unspecified atom stereocenters. The fourth-order valence-electron chi connectivity index (χ4n) is 1.83. The molecule has 0 N–H and O–H groups in total. The number of ether oxygens (including phenoxy) is 4. The molecule has 0 saturated heterocycles. The van der Waals surface area contributed by atoms with E-state index in [-0.39, 0.29) is 6.29 Å². The second kappa shape index (κ2) is 9.54. The third kappa shape index (κ3) is 7.93. The lowest BCUT2D eigenvalue weighted by Gasteiger charge is -2.32. The molecule has 23 heavy (non-hydrogen) atoms. The van der Waals surface area contributed by atoms with Crippen LogP contribution in [0.1, 0.15) is 34.6 Å². The lowest BCUT2D eigenvalue weighted by atomic mass is 10.0. The topological polar surface area (TPSA) is 122 Å². The predicted octanol–water partition coefficient (Wildman–Crippen LogP) is -0.0680. The molecule has 0 aliphatic rings. The highest BCUT2D eigenvalue weighted by atomic mass is 16.6. The van der Waals surface area contributed by atoms with E-state index in [0.717, 1.165) is 27.7 Å². The second-order valence-corrected chi connectivity index (χ2v) is 4.67. The van der Waals surface area contributed by atoms with Crippen molar-refractivity contribution in [2.45, 2.75) is 59.0 Å². The van der Waals surface area contributed by atoms with Gasteiger partial charge in [-0.15, -0.1) is 0 Å². The third-order valence-corrected chi connectivity index (χ3v) is 2.50. The molecular weight excluding hydrogens is 312 g/mol. The summed E-state index contributed by atoms with van der Waals surface area (Å²) in [5.74, 6) is -3.05. The summed E-state index contributed by atoms with van der Waals surface area (Å²) in [5.41, 5.74) is 0. The molecule has 130 valence electrons. The monoisotopic (exact) mass is 332 g/mol. The summed E-state index contributed by atoms with van der Waals surface area (Å²) >= 11 is 0. The third-order valence-electron chi connectivity index (χ3n) is 2.50. The SMILES string of the molecule is CC(=O)O[C@H]([C@@H](OC(C)=O)[C@H](C=O)OC(C)=O)[C@H](C)OC(C)=O. The highest BCUT2D eigenvalue weighted by Crippen LogP contribution is 2.18. The number of aldehydes is 1. The zero-order chi connectivity index (χ0) is 18.2. The molecular formula is C14H20O9. The van der Waals surface area contributed by atoms with Crippen molar-refractivity contribution in [2.24, 2.45) is 0 Å². The Morgan fingerprint density at radius 2 is 1.09 bits per heavy atom. The van der Waals surface area contributed by atoms with Gasteiger partial charge in [0.2, 0.25) is 0 Å². The Labute approximate surface area is 133 Å². The molecule has 4 atom stereocenters. The van der Waals surface area contributed by atoms with Gasteiger partial charge < -0.3 is 18.9 Å². The largest absolute Gasteiger partial charge is 0.459 e. The van der Waals surface area contributed by atoms with Crippen molar-refractivity contribution in [2.75, 3.05) is 0 Å². The van der Waals surface area contributed by atoms with E-state index in [1.165, 1.54) is 6.92 Å². The quantitative estimate of drug-likeness (QED) is 0.341. The summed E-state index contributed by atoms with van der Waals surface area (Å²) in [4.78, 5) is 55.9. The molecule has 9 nitrogen and oxygen atoms in total. The van der Waals surface area contributed by atoms with Gasteiger partial charge in [0.1, 0.15) is 6.10 Å². The van der Waals surface area contributed by atoms with Gasteiger partial charge in [0, 0.05) is 27.7 Å². The van der Waals surface area contributed by atoms with Crippen LogP contribution in [0.15, 0.2) is 0 Å². The van der Waals surface area contributed by atoms with E-state index in [9.17, 15) is 24.0 Å². The Bertz CT molecular complexity index is 471. The Kier molecular flexibility index (Phi) is 8.53. The van der Waals surface area contributed by atoms with Crippen LogP contribution in [0, 0.1) is 0 Å². The minimum absolute atomic E-state index is 0.228. The number of carbonyl (C=O) groups is 5. The van der Waals surface area contributed by atoms with Crippen molar-refractivity contribution in [3.63, 3.8) is 0 Å². The summed E-state index contributed by atoms with van der Waals surface area (Å²) in [5, 5.41) is 0. The van der Waals surface area contributed by atoms with Gasteiger partial charge in [-0.1, -0.05) is 0 Å². The summed E-state index contributed by atoms with van der Waals surface area (Å²) < 4.78 is 19.6. The molecule has 9 heteroatoms. The van der Waals surface area contributed by atoms with Crippen LogP contribution in [0.4, 0.5) is 0 Å². The van der Waals surface area contributed by atoms with E-state index in [2.05, 4.69) is 0 Å². The molecule has 0 rings (SSSR count). The van der Waals surface area contributed by atoms with Crippen molar-refractivity contribution in [3.05, 3.63) is 0 Å². The van der Waals surface area contributed by atoms with Crippen LogP contribution in [0.3, 0.4) is 0 Å². The van der Waals surface area contributed by atoms with Crippen molar-refractivity contribution in [3.8, 4) is 0 Å². The van der Waals surface area contributed by atoms with Crippen LogP contribution in [-0.4, -0.2) is 54.6 Å². The van der Waals surface area contributed by atoms with Crippen molar-refractivity contribution < 1.29 is 42.9 Å². The highest BCUT2D eigenvalue weighted by Gasteiger charge is 2.41. The molecule has 0 aliphatic heterocycles. The summed E-state index contributed by atoms with van der Waals surface area (Å²) in [6.45, 7) is 5.70. The Morgan fingerprint density at radius 1 is 0.696 bits per heavy atom. The lowest BCUT2D eigenvalue weighted by Crippen LogP contribution is -2.51. The Balaban J connectivity index is 5.62. The lowest BCUT2D eigenvalue weighted by molar-refractivity contribution is -0.195. The Hall–Kier alpha value is -2.45. The van der Waals surface area contributed by atoms with Crippen LogP contribution >= 0.6 is 0 Å². The maximum absolute atomic E-state index is 11.3. The van der Waals surface area contributed by atoms with Crippen LogP contribution in [0.25, 0.3) is 0 Å². The van der Waals surface area contributed by atoms with Gasteiger partial charge in [-0.05, 0) is 6.92 Å². The molecule has 0 aliphatic carbocycles. The molecule has 0 spiro atoms. The zero-order valence-corrected chi connectivity index (χ0v) is 13.6. The van der Waals surface area contributed by atoms with Crippen LogP contribution in [0.2, 0.25) is 0 Å². The molecule has 0 aromatic heterocycles. The molecule has 0 amide bonds. The average Bonchev–Trinajstić information content (AvgIpc) is 2.38. The van der Waals surface area contributed by atoms with Crippen molar-refractivity contribution >= 4 is 30.2 Å². The number of hydrogen-bond donors (Lipinski definition) is 0. The highest BCUT2D eigenvalue weighted by molar-refractivity contribution is 5.72. The average molecular weight is 332 g/mol. The van der Waals surface area contributed by atoms with Crippen molar-refractivity contribution in [1.29, 1.82) is 0 Å². The maximum atomic E-state index is 11.3. The first-order chi connectivity index (χ1) is 10.6. The second-order valence-electron chi connectivity index (χ2n) is 4.67. The van der Waals surface area contributed by atoms with Gasteiger partial charge in [0.25, 0.3) is 0 Å². The standard InChI is InChI=1S/C14H20O9/c1-7(20-8(2)16)13(22-10(4)18)14(23-11(5)19)12(6-15)21-9(3)17/h6-7,12-14H,1-5H3/t7-,12-,13-,14-/m0/s1. The fourth-order valence-corrected chi connectivity index (χ4v) is 1.83. The number of esters is 4. The molecule has 0 radical (unpaired) electrons. The summed E-state index contributed by atoms with van der Waals surface area (Å²) in [6.07, 6.45) is -5.16. The van der Waals surface area contributed by atoms with E-state index in [4.69, 9.17) is 18.9 Å². The fraction of sp³-hybridized carbons (Fsp3) is 0.643. The molecule has 0 saturated carbocycles. The number of hydrogen-bond acceptors (Lipinski definition) is 9. The van der Waals surface area contributed by atoms with E-state index in [1.54, 1.807) is 0 Å². The van der Waals surface area contributed by atoms with Gasteiger partial charge in [-0.3, -0.25) is 24.0 Å². The van der Waals surface area contributed by atoms with Crippen LogP contribution < -0.4 is 0 Å². The van der Waals surface area contributed by atoms with E-state index in [1.807, 2.05) is 0 Å². The minimum atomic E-state index is -1.53. The Morgan fingerprint density at radius 3 is 1.43 bits per heavy atom. The first kappa shape index (κ1) is 20.6. The maximum Gasteiger partial charge on any atom is 0.303 e. The van der Waals surface area contributed by atoms with Gasteiger partial charge in [0.15, 0.2) is 24.6 Å². The van der Waals surface area contributed by atoms with E-state index in [0.29, 0.717) is 0 Å². The zero-order valence-electron chi connectivity index (χ0n) is 13.6. The minimum Gasteiger partial charge on any atom is -0.459 e. The van der Waals surface area contributed by atoms with Crippen molar-refractivity contribution in [1.82, 2.24) is 0 Å². The van der Waals surface area contributed by atoms with E-state index >= 15 is 0 Å². The first-order valence-corrected chi connectivity index (χ1v) is 6.72. The number of rotatable bonds is 8. The van der Waals surface area contributed by atoms with Gasteiger partial charge in [-0.25, -0.2) is 0 Å².